The lowest BCUT2D eigenvalue weighted by Crippen LogP contribution is -2.34. The molecule has 0 radical (unpaired) electrons. The number of anilines is 2. The monoisotopic (exact) mass is 423 g/mol. The quantitative estimate of drug-likeness (QED) is 0.486. The normalized spacial score (nSPS) is 10.2. The summed E-state index contributed by atoms with van der Waals surface area (Å²) in [4.78, 5) is 24.4. The Hall–Kier alpha value is -3.65. The van der Waals surface area contributed by atoms with Crippen LogP contribution in [0.4, 0.5) is 11.4 Å². The number of carbonyl (C=O) groups excluding carboxylic acids is 2. The summed E-state index contributed by atoms with van der Waals surface area (Å²) in [6, 6.07) is 17.0. The zero-order chi connectivity index (χ0) is 21.3. The van der Waals surface area contributed by atoms with Crippen LogP contribution in [-0.2, 0) is 0 Å². The number of ether oxygens (including phenoxy) is 1. The van der Waals surface area contributed by atoms with E-state index in [9.17, 15) is 9.59 Å². The van der Waals surface area contributed by atoms with Crippen LogP contribution in [0.1, 0.15) is 34.3 Å². The van der Waals surface area contributed by atoms with Gasteiger partial charge in [-0.3, -0.25) is 14.9 Å². The van der Waals surface area contributed by atoms with Gasteiger partial charge in [0.1, 0.15) is 5.75 Å². The predicted molar refractivity (Wildman–Crippen MR) is 119 cm³/mol. The molecule has 3 N–H and O–H groups in total. The van der Waals surface area contributed by atoms with Crippen LogP contribution in [0.3, 0.4) is 0 Å². The largest absolute Gasteiger partial charge is 0.494 e. The molecule has 3 aromatic rings. The zero-order valence-corrected chi connectivity index (χ0v) is 17.1. The zero-order valence-electron chi connectivity index (χ0n) is 16.3. The van der Waals surface area contributed by atoms with Crippen LogP contribution in [0.25, 0.3) is 0 Å². The molecule has 2 amide bonds. The number of nitrogens with one attached hydrogen (secondary N) is 3. The van der Waals surface area contributed by atoms with Gasteiger partial charge in [-0.1, -0.05) is 13.0 Å². The topological polar surface area (TPSA) is 92.6 Å². The minimum Gasteiger partial charge on any atom is -0.494 e. The molecular weight excluding hydrogens is 402 g/mol. The number of benzene rings is 2. The molecule has 154 valence electrons. The van der Waals surface area contributed by atoms with Crippen molar-refractivity contribution in [1.29, 1.82) is 0 Å². The molecule has 7 nitrogen and oxygen atoms in total. The van der Waals surface area contributed by atoms with Crippen LogP contribution < -0.4 is 20.7 Å². The van der Waals surface area contributed by atoms with Gasteiger partial charge in [-0.25, -0.2) is 0 Å². The van der Waals surface area contributed by atoms with E-state index < -0.39 is 0 Å². The number of amides is 2. The van der Waals surface area contributed by atoms with Gasteiger partial charge in [0.15, 0.2) is 10.9 Å². The lowest BCUT2D eigenvalue weighted by molar-refractivity contribution is 0.0975. The van der Waals surface area contributed by atoms with Gasteiger partial charge in [0.05, 0.1) is 12.9 Å². The summed E-state index contributed by atoms with van der Waals surface area (Å²) in [5.74, 6) is 0.223. The molecule has 0 spiro atoms. The van der Waals surface area contributed by atoms with Crippen molar-refractivity contribution in [2.75, 3.05) is 17.2 Å². The Morgan fingerprint density at radius 2 is 1.70 bits per heavy atom. The summed E-state index contributed by atoms with van der Waals surface area (Å²) in [5, 5.41) is 8.43. The van der Waals surface area contributed by atoms with Gasteiger partial charge in [0.25, 0.3) is 11.8 Å². The minimum atomic E-state index is -0.362. The van der Waals surface area contributed by atoms with Crippen LogP contribution in [0.5, 0.6) is 5.75 Å². The van der Waals surface area contributed by atoms with Crippen molar-refractivity contribution < 1.29 is 18.7 Å². The fourth-order valence-electron chi connectivity index (χ4n) is 2.54. The first-order valence-corrected chi connectivity index (χ1v) is 9.76. The number of rotatable bonds is 7. The Balaban J connectivity index is 1.55. The van der Waals surface area contributed by atoms with Crippen LogP contribution in [-0.4, -0.2) is 23.5 Å². The van der Waals surface area contributed by atoms with E-state index in [1.165, 1.54) is 6.26 Å². The summed E-state index contributed by atoms with van der Waals surface area (Å²) in [6.07, 6.45) is 2.34. The fourth-order valence-corrected chi connectivity index (χ4v) is 2.75. The van der Waals surface area contributed by atoms with E-state index in [0.29, 0.717) is 29.3 Å². The van der Waals surface area contributed by atoms with Crippen LogP contribution >= 0.6 is 12.2 Å². The predicted octanol–water partition coefficient (Wildman–Crippen LogP) is 4.45. The molecule has 0 aliphatic heterocycles. The van der Waals surface area contributed by atoms with E-state index in [1.807, 2.05) is 6.92 Å². The Morgan fingerprint density at radius 3 is 2.37 bits per heavy atom. The van der Waals surface area contributed by atoms with Gasteiger partial charge >= 0.3 is 0 Å². The van der Waals surface area contributed by atoms with Crippen molar-refractivity contribution in [3.05, 3.63) is 78.3 Å². The van der Waals surface area contributed by atoms with Gasteiger partial charge in [-0.15, -0.1) is 0 Å². The van der Waals surface area contributed by atoms with Gasteiger partial charge in [-0.2, -0.15) is 0 Å². The van der Waals surface area contributed by atoms with E-state index in [4.69, 9.17) is 21.4 Å². The Labute approximate surface area is 179 Å². The molecular formula is C22H21N3O4S. The maximum absolute atomic E-state index is 12.4. The molecule has 0 fully saturated rings. The van der Waals surface area contributed by atoms with Crippen LogP contribution in [0.2, 0.25) is 0 Å². The second-order valence-electron chi connectivity index (χ2n) is 6.29. The highest BCUT2D eigenvalue weighted by Crippen LogP contribution is 2.17. The van der Waals surface area contributed by atoms with Crippen LogP contribution in [0, 0.1) is 0 Å². The number of hydrogen-bond donors (Lipinski definition) is 3. The molecule has 0 bridgehead atoms. The molecule has 30 heavy (non-hydrogen) atoms. The third-order valence-corrected chi connectivity index (χ3v) is 4.14. The highest BCUT2D eigenvalue weighted by Gasteiger charge is 2.11. The van der Waals surface area contributed by atoms with E-state index in [0.717, 1.165) is 6.42 Å². The highest BCUT2D eigenvalue weighted by atomic mass is 32.1. The standard InChI is InChI=1S/C22H21N3O4S/c1-2-12-28-18-10-8-15(9-11-18)20(26)25-22(30)24-17-6-3-5-16(14-17)23-21(27)19-7-4-13-29-19/h3-11,13-14H,2,12H2,1H3,(H,23,27)(H2,24,25,26,30). The highest BCUT2D eigenvalue weighted by molar-refractivity contribution is 7.80. The first kappa shape index (κ1) is 21.1. The molecule has 1 aromatic heterocycles. The van der Waals surface area contributed by atoms with Gasteiger partial charge in [0, 0.05) is 16.9 Å². The van der Waals surface area contributed by atoms with Crippen molar-refractivity contribution in [1.82, 2.24) is 5.32 Å². The Bertz CT molecular complexity index is 1020. The fraction of sp³-hybridized carbons (Fsp3) is 0.136. The molecule has 0 saturated carbocycles. The van der Waals surface area contributed by atoms with Gasteiger partial charge in [0.2, 0.25) is 0 Å². The Kier molecular flexibility index (Phi) is 7.18. The summed E-state index contributed by atoms with van der Waals surface area (Å²) in [7, 11) is 0. The number of hydrogen-bond acceptors (Lipinski definition) is 5. The number of carbonyl (C=O) groups is 2. The van der Waals surface area contributed by atoms with Crippen molar-refractivity contribution in [2.45, 2.75) is 13.3 Å². The smallest absolute Gasteiger partial charge is 0.291 e. The van der Waals surface area contributed by atoms with Gasteiger partial charge < -0.3 is 19.8 Å². The van der Waals surface area contributed by atoms with Crippen LogP contribution in [0.15, 0.2) is 71.3 Å². The van der Waals surface area contributed by atoms with Crippen molar-refractivity contribution in [2.24, 2.45) is 0 Å². The first-order chi connectivity index (χ1) is 14.5. The molecule has 0 atom stereocenters. The molecule has 0 saturated heterocycles. The first-order valence-electron chi connectivity index (χ1n) is 9.35. The average Bonchev–Trinajstić information content (AvgIpc) is 3.28. The second-order valence-corrected chi connectivity index (χ2v) is 6.70. The molecule has 0 unspecified atom stereocenters. The van der Waals surface area contributed by atoms with Crippen molar-refractivity contribution in [3.8, 4) is 5.75 Å². The molecule has 0 aliphatic rings. The maximum atomic E-state index is 12.4. The summed E-state index contributed by atoms with van der Waals surface area (Å²) in [6.45, 7) is 2.65. The SMILES string of the molecule is CCCOc1ccc(C(=O)NC(=S)Nc2cccc(NC(=O)c3ccco3)c2)cc1. The summed E-state index contributed by atoms with van der Waals surface area (Å²) >= 11 is 5.22. The number of thiocarbonyl (C=S) groups is 1. The molecule has 8 heteroatoms. The van der Waals surface area contributed by atoms with Crippen molar-refractivity contribution >= 4 is 40.5 Å². The van der Waals surface area contributed by atoms with E-state index in [2.05, 4.69) is 16.0 Å². The van der Waals surface area contributed by atoms with Crippen molar-refractivity contribution in [3.63, 3.8) is 0 Å². The third kappa shape index (κ3) is 5.92. The molecule has 1 heterocycles. The van der Waals surface area contributed by atoms with E-state index >= 15 is 0 Å². The minimum absolute atomic E-state index is 0.140. The Morgan fingerprint density at radius 1 is 0.967 bits per heavy atom. The molecule has 2 aromatic carbocycles. The molecule has 0 aliphatic carbocycles. The summed E-state index contributed by atoms with van der Waals surface area (Å²) < 4.78 is 10.6. The van der Waals surface area contributed by atoms with E-state index in [-0.39, 0.29) is 22.7 Å². The maximum Gasteiger partial charge on any atom is 0.291 e. The number of furan rings is 1. The van der Waals surface area contributed by atoms with E-state index in [1.54, 1.807) is 60.7 Å². The second kappa shape index (κ2) is 10.2. The van der Waals surface area contributed by atoms with Gasteiger partial charge in [-0.05, 0) is 73.2 Å². The molecule has 3 rings (SSSR count). The third-order valence-electron chi connectivity index (χ3n) is 3.94. The summed E-state index contributed by atoms with van der Waals surface area (Å²) in [5.41, 5.74) is 1.63. The lowest BCUT2D eigenvalue weighted by atomic mass is 10.2. The lowest BCUT2D eigenvalue weighted by Gasteiger charge is -2.11. The average molecular weight is 423 g/mol.